The molecule has 1 fully saturated rings. The Morgan fingerprint density at radius 2 is 2.25 bits per heavy atom. The second kappa shape index (κ2) is 6.11. The summed E-state index contributed by atoms with van der Waals surface area (Å²) in [5.41, 5.74) is 3.39. The number of carbonyl (C=O) groups is 1. The fourth-order valence-corrected chi connectivity index (χ4v) is 3.99. The van der Waals surface area contributed by atoms with Crippen molar-refractivity contribution in [3.8, 4) is 5.75 Å². The van der Waals surface area contributed by atoms with E-state index < -0.39 is 0 Å². The summed E-state index contributed by atoms with van der Waals surface area (Å²) < 4.78 is 10.4. The first-order valence-electron chi connectivity index (χ1n) is 8.39. The first kappa shape index (κ1) is 15.5. The lowest BCUT2D eigenvalue weighted by Gasteiger charge is -2.36. The predicted octanol–water partition coefficient (Wildman–Crippen LogP) is 2.59. The molecule has 1 aromatic heterocycles. The Kier molecular flexibility index (Phi) is 3.94. The SMILES string of the molecule is COC(=O)[C@@H]1CCCON2CCc3c([nH]c4ccc(OC)cc34)[C@H]12. The summed E-state index contributed by atoms with van der Waals surface area (Å²) in [7, 11) is 3.13. The summed E-state index contributed by atoms with van der Waals surface area (Å²) in [5.74, 6) is 0.458. The van der Waals surface area contributed by atoms with Gasteiger partial charge in [0.2, 0.25) is 0 Å². The van der Waals surface area contributed by atoms with Crippen LogP contribution in [0, 0.1) is 5.92 Å². The van der Waals surface area contributed by atoms with E-state index in [4.69, 9.17) is 14.3 Å². The van der Waals surface area contributed by atoms with E-state index in [1.807, 2.05) is 17.2 Å². The minimum absolute atomic E-state index is 0.123. The molecule has 0 bridgehead atoms. The fraction of sp³-hybridized carbons (Fsp3) is 0.500. The van der Waals surface area contributed by atoms with Gasteiger partial charge >= 0.3 is 5.97 Å². The van der Waals surface area contributed by atoms with E-state index in [9.17, 15) is 4.79 Å². The van der Waals surface area contributed by atoms with E-state index in [0.717, 1.165) is 48.2 Å². The van der Waals surface area contributed by atoms with Crippen LogP contribution in [-0.2, 0) is 20.8 Å². The first-order valence-corrected chi connectivity index (χ1v) is 8.39. The van der Waals surface area contributed by atoms with Crippen LogP contribution < -0.4 is 4.74 Å². The van der Waals surface area contributed by atoms with Crippen LogP contribution in [0.5, 0.6) is 5.75 Å². The van der Waals surface area contributed by atoms with Crippen molar-refractivity contribution in [2.45, 2.75) is 25.3 Å². The van der Waals surface area contributed by atoms with Gasteiger partial charge in [-0.1, -0.05) is 0 Å². The topological polar surface area (TPSA) is 63.8 Å². The Morgan fingerprint density at radius 1 is 1.38 bits per heavy atom. The molecular formula is C18H22N2O4. The Hall–Kier alpha value is -2.05. The number of esters is 1. The lowest BCUT2D eigenvalue weighted by Crippen LogP contribution is -2.40. The molecule has 2 aromatic rings. The Balaban J connectivity index is 1.84. The number of ether oxygens (including phenoxy) is 2. The van der Waals surface area contributed by atoms with E-state index in [2.05, 4.69) is 11.1 Å². The lowest BCUT2D eigenvalue weighted by atomic mass is 9.87. The summed E-state index contributed by atoms with van der Waals surface area (Å²) in [4.78, 5) is 21.8. The van der Waals surface area contributed by atoms with Crippen molar-refractivity contribution in [2.75, 3.05) is 27.4 Å². The number of aromatic nitrogens is 1. The van der Waals surface area contributed by atoms with Gasteiger partial charge in [-0.15, -0.1) is 0 Å². The van der Waals surface area contributed by atoms with Crippen LogP contribution in [0.3, 0.4) is 0 Å². The number of hydroxylamine groups is 2. The summed E-state index contributed by atoms with van der Waals surface area (Å²) in [5, 5.41) is 3.13. The fourth-order valence-electron chi connectivity index (χ4n) is 3.99. The van der Waals surface area contributed by atoms with Crippen LogP contribution in [0.1, 0.15) is 30.1 Å². The zero-order valence-corrected chi connectivity index (χ0v) is 14.0. The number of aromatic amines is 1. The maximum atomic E-state index is 12.4. The Labute approximate surface area is 140 Å². The van der Waals surface area contributed by atoms with E-state index in [0.29, 0.717) is 6.61 Å². The van der Waals surface area contributed by atoms with Crippen molar-refractivity contribution in [2.24, 2.45) is 5.92 Å². The molecule has 0 aliphatic carbocycles. The highest BCUT2D eigenvalue weighted by molar-refractivity contribution is 5.87. The van der Waals surface area contributed by atoms with Gasteiger partial charge in [-0.25, -0.2) is 0 Å². The smallest absolute Gasteiger partial charge is 0.310 e. The predicted molar refractivity (Wildman–Crippen MR) is 88.7 cm³/mol. The van der Waals surface area contributed by atoms with Crippen LogP contribution in [0.25, 0.3) is 10.9 Å². The minimum atomic E-state index is -0.216. The average molecular weight is 330 g/mol. The van der Waals surface area contributed by atoms with Crippen molar-refractivity contribution in [3.05, 3.63) is 29.5 Å². The van der Waals surface area contributed by atoms with Gasteiger partial charge in [0.1, 0.15) is 5.75 Å². The number of methoxy groups -OCH3 is 2. The lowest BCUT2D eigenvalue weighted by molar-refractivity contribution is -0.197. The second-order valence-electron chi connectivity index (χ2n) is 6.37. The molecule has 0 saturated carbocycles. The van der Waals surface area contributed by atoms with Gasteiger partial charge in [-0.2, -0.15) is 5.06 Å². The molecule has 1 aromatic carbocycles. The highest BCUT2D eigenvalue weighted by atomic mass is 16.7. The molecule has 3 heterocycles. The van der Waals surface area contributed by atoms with Crippen molar-refractivity contribution < 1.29 is 19.1 Å². The molecule has 2 atom stereocenters. The number of nitrogens with one attached hydrogen (secondary N) is 1. The van der Waals surface area contributed by atoms with Crippen molar-refractivity contribution in [1.82, 2.24) is 10.0 Å². The van der Waals surface area contributed by atoms with E-state index in [-0.39, 0.29) is 17.9 Å². The largest absolute Gasteiger partial charge is 0.497 e. The van der Waals surface area contributed by atoms with Crippen LogP contribution in [0.4, 0.5) is 0 Å². The normalized spacial score (nSPS) is 24.1. The molecule has 0 unspecified atom stereocenters. The van der Waals surface area contributed by atoms with Gasteiger partial charge in [0.15, 0.2) is 0 Å². The van der Waals surface area contributed by atoms with E-state index >= 15 is 0 Å². The third-order valence-corrected chi connectivity index (χ3v) is 5.14. The number of benzene rings is 1. The number of rotatable bonds is 2. The molecule has 6 nitrogen and oxygen atoms in total. The summed E-state index contributed by atoms with van der Waals surface area (Å²) in [6.45, 7) is 1.42. The van der Waals surface area contributed by atoms with Crippen molar-refractivity contribution in [3.63, 3.8) is 0 Å². The molecule has 24 heavy (non-hydrogen) atoms. The number of carbonyl (C=O) groups excluding carboxylic acids is 1. The van der Waals surface area contributed by atoms with Crippen LogP contribution >= 0.6 is 0 Å². The molecule has 2 aliphatic rings. The van der Waals surface area contributed by atoms with Crippen molar-refractivity contribution in [1.29, 1.82) is 0 Å². The van der Waals surface area contributed by atoms with Crippen LogP contribution in [0.2, 0.25) is 0 Å². The zero-order chi connectivity index (χ0) is 16.7. The molecule has 0 spiro atoms. The van der Waals surface area contributed by atoms with Gasteiger partial charge in [-0.3, -0.25) is 9.63 Å². The maximum Gasteiger partial charge on any atom is 0.310 e. The Bertz CT molecular complexity index is 770. The third-order valence-electron chi connectivity index (χ3n) is 5.14. The standard InChI is InChI=1S/C18H22N2O4/c1-22-11-5-6-15-14(10-11)12-7-8-20-17(16(12)19-15)13(18(21)23-2)4-3-9-24-20/h5-6,10,13,17,19H,3-4,7-9H2,1-2H3/t13-,17+/m1/s1. The van der Waals surface area contributed by atoms with E-state index in [1.54, 1.807) is 7.11 Å². The number of fused-ring (bicyclic) bond motifs is 5. The van der Waals surface area contributed by atoms with Gasteiger partial charge in [0.05, 0.1) is 32.8 Å². The molecule has 4 rings (SSSR count). The van der Waals surface area contributed by atoms with Crippen LogP contribution in [-0.4, -0.2) is 43.4 Å². The monoisotopic (exact) mass is 330 g/mol. The maximum absolute atomic E-state index is 12.4. The van der Waals surface area contributed by atoms with Gasteiger partial charge in [0.25, 0.3) is 0 Å². The number of hydrogen-bond donors (Lipinski definition) is 1. The number of hydrogen-bond acceptors (Lipinski definition) is 5. The minimum Gasteiger partial charge on any atom is -0.497 e. The van der Waals surface area contributed by atoms with E-state index in [1.165, 1.54) is 12.7 Å². The van der Waals surface area contributed by atoms with Gasteiger partial charge < -0.3 is 14.5 Å². The van der Waals surface area contributed by atoms with Crippen LogP contribution in [0.15, 0.2) is 18.2 Å². The Morgan fingerprint density at radius 3 is 3.04 bits per heavy atom. The molecule has 1 saturated heterocycles. The molecule has 6 heteroatoms. The summed E-state index contributed by atoms with van der Waals surface area (Å²) in [6.07, 6.45) is 2.51. The molecule has 0 radical (unpaired) electrons. The molecular weight excluding hydrogens is 308 g/mol. The average Bonchev–Trinajstić information content (AvgIpc) is 2.84. The quantitative estimate of drug-likeness (QED) is 0.858. The summed E-state index contributed by atoms with van der Waals surface area (Å²) in [6, 6.07) is 5.91. The highest BCUT2D eigenvalue weighted by Gasteiger charge is 2.42. The zero-order valence-electron chi connectivity index (χ0n) is 14.0. The highest BCUT2D eigenvalue weighted by Crippen LogP contribution is 2.42. The molecule has 1 N–H and O–H groups in total. The number of nitrogens with zero attached hydrogens (tertiary/aromatic N) is 1. The van der Waals surface area contributed by atoms with Crippen molar-refractivity contribution >= 4 is 16.9 Å². The second-order valence-corrected chi connectivity index (χ2v) is 6.37. The molecule has 128 valence electrons. The summed E-state index contributed by atoms with van der Waals surface area (Å²) >= 11 is 0. The third kappa shape index (κ3) is 2.37. The molecule has 0 amide bonds. The van der Waals surface area contributed by atoms with Gasteiger partial charge in [-0.05, 0) is 43.0 Å². The molecule has 2 aliphatic heterocycles. The first-order chi connectivity index (χ1) is 11.7. The van der Waals surface area contributed by atoms with Gasteiger partial charge in [0, 0.05) is 23.1 Å². The number of H-pyrrole nitrogens is 1.